The number of benzene rings is 8. The summed E-state index contributed by atoms with van der Waals surface area (Å²) in [6, 6.07) is 65.7. The van der Waals surface area contributed by atoms with E-state index < -0.39 is 0 Å². The Bertz CT molecular complexity index is 3230. The molecule has 3 aromatic heterocycles. The lowest BCUT2D eigenvalue weighted by atomic mass is 9.95. The van der Waals surface area contributed by atoms with Gasteiger partial charge in [-0.2, -0.15) is 0 Å². The highest BCUT2D eigenvalue weighted by Gasteiger charge is 2.20. The van der Waals surface area contributed by atoms with Crippen LogP contribution in [0.5, 0.6) is 0 Å². The highest BCUT2D eigenvalue weighted by atomic mass is 32.1. The van der Waals surface area contributed by atoms with Crippen molar-refractivity contribution in [3.63, 3.8) is 0 Å². The molecule has 11 rings (SSSR count). The van der Waals surface area contributed by atoms with E-state index in [9.17, 15) is 0 Å². The average molecular weight is 734 g/mol. The minimum atomic E-state index is 0.563. The molecule has 56 heavy (non-hydrogen) atoms. The molecule has 0 atom stereocenters. The summed E-state index contributed by atoms with van der Waals surface area (Å²) < 4.78 is 9.39. The van der Waals surface area contributed by atoms with Gasteiger partial charge in [0, 0.05) is 47.6 Å². The van der Waals surface area contributed by atoms with Crippen molar-refractivity contribution >= 4 is 53.4 Å². The molecule has 0 radical (unpaired) electrons. The van der Waals surface area contributed by atoms with Crippen LogP contribution in [0.15, 0.2) is 192 Å². The van der Waals surface area contributed by atoms with Gasteiger partial charge in [0.15, 0.2) is 17.5 Å². The van der Waals surface area contributed by atoms with Crippen LogP contribution in [0.2, 0.25) is 0 Å². The van der Waals surface area contributed by atoms with E-state index in [4.69, 9.17) is 19.4 Å². The minimum Gasteiger partial charge on any atom is -0.455 e. The van der Waals surface area contributed by atoms with Crippen molar-refractivity contribution in [3.05, 3.63) is 188 Å². The topological polar surface area (TPSA) is 51.8 Å². The summed E-state index contributed by atoms with van der Waals surface area (Å²) in [4.78, 5) is 15.1. The van der Waals surface area contributed by atoms with Gasteiger partial charge < -0.3 is 4.42 Å². The van der Waals surface area contributed by atoms with Crippen molar-refractivity contribution in [2.45, 2.75) is 0 Å². The van der Waals surface area contributed by atoms with Crippen molar-refractivity contribution in [2.24, 2.45) is 0 Å². The number of hydrogen-bond donors (Lipinski definition) is 0. The average Bonchev–Trinajstić information content (AvgIpc) is 3.85. The molecule has 4 nitrogen and oxygen atoms in total. The van der Waals surface area contributed by atoms with Gasteiger partial charge in [0.25, 0.3) is 0 Å². The lowest BCUT2D eigenvalue weighted by Gasteiger charge is -2.09. The molecular weight excluding hydrogens is 703 g/mol. The number of rotatable bonds is 6. The van der Waals surface area contributed by atoms with Gasteiger partial charge in [0.1, 0.15) is 11.2 Å². The zero-order valence-electron chi connectivity index (χ0n) is 30.1. The van der Waals surface area contributed by atoms with Crippen molar-refractivity contribution in [3.8, 4) is 67.5 Å². The van der Waals surface area contributed by atoms with Gasteiger partial charge in [-0.25, -0.2) is 15.0 Å². The van der Waals surface area contributed by atoms with Gasteiger partial charge in [-0.1, -0.05) is 152 Å². The van der Waals surface area contributed by atoms with Gasteiger partial charge in [0.2, 0.25) is 0 Å². The zero-order chi connectivity index (χ0) is 37.0. The van der Waals surface area contributed by atoms with E-state index in [2.05, 4.69) is 146 Å². The Morgan fingerprint density at radius 2 is 0.893 bits per heavy atom. The Hall–Kier alpha value is -7.21. The molecule has 0 unspecified atom stereocenters. The molecule has 0 saturated heterocycles. The first-order valence-corrected chi connectivity index (χ1v) is 19.5. The summed E-state index contributed by atoms with van der Waals surface area (Å²) in [7, 11) is 0. The highest BCUT2D eigenvalue weighted by molar-refractivity contribution is 7.26. The number of furan rings is 1. The Labute approximate surface area is 327 Å². The van der Waals surface area contributed by atoms with Crippen LogP contribution in [0.1, 0.15) is 0 Å². The normalized spacial score (nSPS) is 11.6. The molecule has 0 saturated carbocycles. The molecule has 0 aliphatic carbocycles. The van der Waals surface area contributed by atoms with E-state index >= 15 is 0 Å². The Morgan fingerprint density at radius 3 is 1.62 bits per heavy atom. The SMILES string of the molecule is c1ccc(-c2ccc(-c3nc(-c4ccccc4)nc(-c4cccc5c4oc4cc(-c6cc(-c7ccccc7)cc7c6sc6ccccc67)ccc45)n3)cc2)cc1. The van der Waals surface area contributed by atoms with E-state index in [1.165, 1.54) is 36.9 Å². The van der Waals surface area contributed by atoms with Crippen LogP contribution in [0.4, 0.5) is 0 Å². The summed E-state index contributed by atoms with van der Waals surface area (Å²) in [5, 5.41) is 4.61. The molecule has 0 fully saturated rings. The lowest BCUT2D eigenvalue weighted by molar-refractivity contribution is 0.669. The van der Waals surface area contributed by atoms with Crippen molar-refractivity contribution in [1.82, 2.24) is 15.0 Å². The van der Waals surface area contributed by atoms with Crippen molar-refractivity contribution < 1.29 is 4.42 Å². The molecule has 8 aromatic carbocycles. The van der Waals surface area contributed by atoms with Crippen molar-refractivity contribution in [2.75, 3.05) is 0 Å². The zero-order valence-corrected chi connectivity index (χ0v) is 30.9. The van der Waals surface area contributed by atoms with E-state index in [1.807, 2.05) is 53.8 Å². The second-order valence-corrected chi connectivity index (χ2v) is 15.0. The third-order valence-corrected chi connectivity index (χ3v) is 11.8. The maximum atomic E-state index is 6.84. The molecule has 3 heterocycles. The quantitative estimate of drug-likeness (QED) is 0.171. The first-order valence-electron chi connectivity index (χ1n) is 18.7. The van der Waals surface area contributed by atoms with Crippen LogP contribution >= 0.6 is 11.3 Å². The summed E-state index contributed by atoms with van der Waals surface area (Å²) in [5.74, 6) is 1.78. The predicted molar refractivity (Wildman–Crippen MR) is 233 cm³/mol. The Balaban J connectivity index is 1.07. The van der Waals surface area contributed by atoms with Crippen molar-refractivity contribution in [1.29, 1.82) is 0 Å². The molecule has 0 spiro atoms. The van der Waals surface area contributed by atoms with Crippen LogP contribution in [0.25, 0.3) is 110 Å². The molecule has 0 aliphatic rings. The fourth-order valence-electron chi connectivity index (χ4n) is 7.76. The molecular formula is C51H31N3OS. The summed E-state index contributed by atoms with van der Waals surface area (Å²) in [5.41, 5.74) is 11.2. The number of nitrogens with zero attached hydrogens (tertiary/aromatic N) is 3. The molecule has 0 aliphatic heterocycles. The van der Waals surface area contributed by atoms with Gasteiger partial charge in [0.05, 0.1) is 5.56 Å². The molecule has 0 N–H and O–H groups in total. The highest BCUT2D eigenvalue weighted by Crippen LogP contribution is 2.44. The maximum absolute atomic E-state index is 6.84. The fraction of sp³-hybridized carbons (Fsp3) is 0. The second kappa shape index (κ2) is 13.3. The van der Waals surface area contributed by atoms with Crippen LogP contribution < -0.4 is 0 Å². The number of para-hydroxylation sites is 1. The number of hydrogen-bond acceptors (Lipinski definition) is 5. The second-order valence-electron chi connectivity index (χ2n) is 14.0. The number of thiophene rings is 1. The van der Waals surface area contributed by atoms with Gasteiger partial charge in [-0.15, -0.1) is 11.3 Å². The molecule has 0 amide bonds. The Kier molecular flexibility index (Phi) is 7.64. The van der Waals surface area contributed by atoms with E-state index in [-0.39, 0.29) is 0 Å². The Morgan fingerprint density at radius 1 is 0.339 bits per heavy atom. The lowest BCUT2D eigenvalue weighted by Crippen LogP contribution is -2.00. The van der Waals surface area contributed by atoms with Crippen LogP contribution in [-0.4, -0.2) is 15.0 Å². The van der Waals surface area contributed by atoms with Gasteiger partial charge in [-0.3, -0.25) is 0 Å². The predicted octanol–water partition coefficient (Wildman–Crippen LogP) is 14.1. The van der Waals surface area contributed by atoms with E-state index in [0.717, 1.165) is 55.3 Å². The number of fused-ring (bicyclic) bond motifs is 6. The molecule has 262 valence electrons. The molecule has 11 aromatic rings. The van der Waals surface area contributed by atoms with Gasteiger partial charge >= 0.3 is 0 Å². The molecule has 0 bridgehead atoms. The maximum Gasteiger partial charge on any atom is 0.167 e. The van der Waals surface area contributed by atoms with Gasteiger partial charge in [-0.05, 0) is 64.2 Å². The number of aromatic nitrogens is 3. The monoisotopic (exact) mass is 733 g/mol. The smallest absolute Gasteiger partial charge is 0.167 e. The van der Waals surface area contributed by atoms with Crippen LogP contribution in [0, 0.1) is 0 Å². The minimum absolute atomic E-state index is 0.563. The summed E-state index contributed by atoms with van der Waals surface area (Å²) in [6.45, 7) is 0. The largest absolute Gasteiger partial charge is 0.455 e. The summed E-state index contributed by atoms with van der Waals surface area (Å²) in [6.07, 6.45) is 0. The fourth-order valence-corrected chi connectivity index (χ4v) is 8.98. The van der Waals surface area contributed by atoms with Crippen LogP contribution in [-0.2, 0) is 0 Å². The third kappa shape index (κ3) is 5.56. The standard InChI is InChI=1S/C51H31N3OS/c1-4-13-32(14-5-1)34-23-25-36(26-24-34)50-52-49(35-17-8-3-9-18-35)53-51(54-50)42-21-12-20-41-39-28-27-37(31-45(39)55-47(41)42)43-29-38(33-15-6-2-7-16-33)30-44-40-19-10-11-22-46(40)56-48(43)44/h1-31H. The first kappa shape index (κ1) is 32.2. The van der Waals surface area contributed by atoms with E-state index in [0.29, 0.717) is 17.5 Å². The van der Waals surface area contributed by atoms with Crippen LogP contribution in [0.3, 0.4) is 0 Å². The summed E-state index contributed by atoms with van der Waals surface area (Å²) >= 11 is 1.84. The van der Waals surface area contributed by atoms with E-state index in [1.54, 1.807) is 0 Å². The molecule has 5 heteroatoms. The first-order chi connectivity index (χ1) is 27.7. The third-order valence-electron chi connectivity index (χ3n) is 10.6.